The Labute approximate surface area is 142 Å². The van der Waals surface area contributed by atoms with Gasteiger partial charge in [-0.25, -0.2) is 4.79 Å². The van der Waals surface area contributed by atoms with Crippen LogP contribution in [0.5, 0.6) is 5.75 Å². The third kappa shape index (κ3) is 3.24. The fraction of sp³-hybridized carbons (Fsp3) is 0.182. The fourth-order valence-corrected chi connectivity index (χ4v) is 3.32. The van der Waals surface area contributed by atoms with E-state index in [0.29, 0.717) is 19.9 Å². The van der Waals surface area contributed by atoms with E-state index >= 15 is 0 Å². The highest BCUT2D eigenvalue weighted by molar-refractivity contribution is 14.1. The minimum absolute atomic E-state index is 0.134. The molecule has 1 N–H and O–H groups in total. The van der Waals surface area contributed by atoms with E-state index in [1.54, 1.807) is 12.1 Å². The average Bonchev–Trinajstić information content (AvgIpc) is 2.25. The van der Waals surface area contributed by atoms with Gasteiger partial charge < -0.3 is 9.84 Å². The second-order valence-electron chi connectivity index (χ2n) is 3.75. The van der Waals surface area contributed by atoms with Crippen LogP contribution < -0.4 is 4.74 Å². The van der Waals surface area contributed by atoms with Crippen molar-refractivity contribution < 1.29 is 14.6 Å². The number of hydrogen-bond acceptors (Lipinski definition) is 2. The molecule has 0 radical (unpaired) electrons. The molecule has 0 saturated heterocycles. The summed E-state index contributed by atoms with van der Waals surface area (Å²) in [5.74, 6) is -0.761. The number of aliphatic carboxylic acids is 1. The molecule has 0 aromatic heterocycles. The number of halogens is 5. The van der Waals surface area contributed by atoms with Gasteiger partial charge in [0.05, 0.1) is 9.14 Å². The van der Waals surface area contributed by atoms with Crippen molar-refractivity contribution in [1.29, 1.82) is 0 Å². The minimum atomic E-state index is -1.88. The van der Waals surface area contributed by atoms with Crippen LogP contribution in [0.3, 0.4) is 0 Å². The Kier molecular flexibility index (Phi) is 4.48. The van der Waals surface area contributed by atoms with Gasteiger partial charge in [0, 0.05) is 10.6 Å². The van der Waals surface area contributed by atoms with E-state index in [-0.39, 0.29) is 5.57 Å². The molecule has 1 unspecified atom stereocenters. The Balaban J connectivity index is 2.61. The molecular formula is C11H5Cl4IO3. The van der Waals surface area contributed by atoms with E-state index in [4.69, 9.17) is 51.1 Å². The van der Waals surface area contributed by atoms with E-state index in [1.165, 1.54) is 6.08 Å². The Morgan fingerprint density at radius 2 is 2.00 bits per heavy atom. The monoisotopic (exact) mass is 452 g/mol. The topological polar surface area (TPSA) is 46.5 Å². The van der Waals surface area contributed by atoms with Crippen molar-refractivity contribution >= 4 is 81.0 Å². The molecule has 102 valence electrons. The summed E-state index contributed by atoms with van der Waals surface area (Å²) in [6.07, 6.45) is 0.221. The Bertz CT molecular complexity index is 580. The summed E-state index contributed by atoms with van der Waals surface area (Å²) >= 11 is 25.3. The first-order chi connectivity index (χ1) is 8.70. The molecule has 0 fully saturated rings. The predicted octanol–water partition coefficient (Wildman–Crippen LogP) is 4.54. The van der Waals surface area contributed by atoms with Crippen molar-refractivity contribution in [3.63, 3.8) is 0 Å². The summed E-state index contributed by atoms with van der Waals surface area (Å²) in [7, 11) is 0. The van der Waals surface area contributed by atoms with Gasteiger partial charge in [-0.2, -0.15) is 0 Å². The highest BCUT2D eigenvalue weighted by atomic mass is 127. The second-order valence-corrected chi connectivity index (χ2v) is 7.72. The normalized spacial score (nSPS) is 18.4. The number of ether oxygens (including phenoxy) is 1. The molecule has 3 nitrogen and oxygen atoms in total. The van der Waals surface area contributed by atoms with Crippen LogP contribution in [0.2, 0.25) is 5.02 Å². The second kappa shape index (κ2) is 5.48. The van der Waals surface area contributed by atoms with Crippen molar-refractivity contribution in [2.45, 2.75) is 9.90 Å². The largest absolute Gasteiger partial charge is 0.479 e. The van der Waals surface area contributed by atoms with Crippen LogP contribution in [-0.2, 0) is 4.79 Å². The first-order valence-corrected chi connectivity index (χ1v) is 7.46. The SMILES string of the molecule is O=C(O)C1=Cc2cc(Cl)cc(I)c2OC1C(Cl)(Cl)Cl. The molecule has 19 heavy (non-hydrogen) atoms. The van der Waals surface area contributed by atoms with Gasteiger partial charge in [-0.3, -0.25) is 0 Å². The smallest absolute Gasteiger partial charge is 0.335 e. The van der Waals surface area contributed by atoms with Crippen LogP contribution in [0.4, 0.5) is 0 Å². The van der Waals surface area contributed by atoms with Crippen LogP contribution in [0, 0.1) is 3.57 Å². The molecule has 0 amide bonds. The number of rotatable bonds is 1. The molecule has 0 spiro atoms. The summed E-state index contributed by atoms with van der Waals surface area (Å²) in [6, 6.07) is 3.27. The average molecular weight is 454 g/mol. The molecule has 0 saturated carbocycles. The zero-order valence-electron chi connectivity index (χ0n) is 8.96. The Morgan fingerprint density at radius 1 is 1.37 bits per heavy atom. The zero-order chi connectivity index (χ0) is 14.4. The van der Waals surface area contributed by atoms with Crippen LogP contribution in [-0.4, -0.2) is 21.0 Å². The number of carboxylic acid groups (broad SMARTS) is 1. The zero-order valence-corrected chi connectivity index (χ0v) is 14.1. The standard InChI is InChI=1S/C11H5Cl4IO3/c12-5-1-4-2-6(10(17)18)9(11(13,14)15)19-8(4)7(16)3-5/h1-3,9H,(H,17,18). The number of alkyl halides is 3. The first kappa shape index (κ1) is 15.5. The van der Waals surface area contributed by atoms with Gasteiger partial charge in [0.1, 0.15) is 5.75 Å². The van der Waals surface area contributed by atoms with Crippen molar-refractivity contribution in [3.8, 4) is 5.75 Å². The third-order valence-electron chi connectivity index (χ3n) is 2.41. The van der Waals surface area contributed by atoms with Crippen molar-refractivity contribution in [1.82, 2.24) is 0 Å². The number of carboxylic acids is 1. The van der Waals surface area contributed by atoms with E-state index in [0.717, 1.165) is 0 Å². The van der Waals surface area contributed by atoms with E-state index in [9.17, 15) is 9.90 Å². The van der Waals surface area contributed by atoms with E-state index in [2.05, 4.69) is 0 Å². The Hall–Kier alpha value is 0.120. The molecule has 1 aromatic rings. The van der Waals surface area contributed by atoms with Crippen LogP contribution >= 0.6 is 69.0 Å². The molecule has 1 atom stereocenters. The molecule has 2 rings (SSSR count). The Morgan fingerprint density at radius 3 is 2.53 bits per heavy atom. The highest BCUT2D eigenvalue weighted by Gasteiger charge is 2.43. The van der Waals surface area contributed by atoms with Gasteiger partial charge in [-0.1, -0.05) is 46.4 Å². The number of hydrogen-bond donors (Lipinski definition) is 1. The van der Waals surface area contributed by atoms with Gasteiger partial charge in [-0.15, -0.1) is 0 Å². The van der Waals surface area contributed by atoms with Gasteiger partial charge >= 0.3 is 5.97 Å². The van der Waals surface area contributed by atoms with Gasteiger partial charge in [0.25, 0.3) is 0 Å². The van der Waals surface area contributed by atoms with Crippen molar-refractivity contribution in [3.05, 3.63) is 31.9 Å². The maximum absolute atomic E-state index is 11.2. The molecule has 0 bridgehead atoms. The predicted molar refractivity (Wildman–Crippen MR) is 84.5 cm³/mol. The summed E-state index contributed by atoms with van der Waals surface area (Å²) < 4.78 is 4.37. The van der Waals surface area contributed by atoms with Gasteiger partial charge in [0.2, 0.25) is 3.79 Å². The van der Waals surface area contributed by atoms with Crippen LogP contribution in [0.1, 0.15) is 5.56 Å². The van der Waals surface area contributed by atoms with Crippen molar-refractivity contribution in [2.24, 2.45) is 0 Å². The van der Waals surface area contributed by atoms with Gasteiger partial charge in [0.15, 0.2) is 6.10 Å². The molecular weight excluding hydrogens is 449 g/mol. The lowest BCUT2D eigenvalue weighted by atomic mass is 10.0. The lowest BCUT2D eigenvalue weighted by molar-refractivity contribution is -0.133. The third-order valence-corrected chi connectivity index (χ3v) is 4.02. The summed E-state index contributed by atoms with van der Waals surface area (Å²) in [5, 5.41) is 9.65. The number of benzene rings is 1. The van der Waals surface area contributed by atoms with Crippen LogP contribution in [0.25, 0.3) is 6.08 Å². The minimum Gasteiger partial charge on any atom is -0.479 e. The fourth-order valence-electron chi connectivity index (χ4n) is 1.65. The molecule has 1 aliphatic rings. The lowest BCUT2D eigenvalue weighted by Gasteiger charge is -2.30. The van der Waals surface area contributed by atoms with E-state index in [1.807, 2.05) is 22.6 Å². The maximum Gasteiger partial charge on any atom is 0.335 e. The number of fused-ring (bicyclic) bond motifs is 1. The summed E-state index contributed by atoms with van der Waals surface area (Å²) in [5.41, 5.74) is 0.408. The highest BCUT2D eigenvalue weighted by Crippen LogP contribution is 2.43. The number of carbonyl (C=O) groups is 1. The molecule has 8 heteroatoms. The molecule has 0 aliphatic carbocycles. The maximum atomic E-state index is 11.2. The first-order valence-electron chi connectivity index (χ1n) is 4.87. The molecule has 1 heterocycles. The van der Waals surface area contributed by atoms with Crippen molar-refractivity contribution in [2.75, 3.05) is 0 Å². The molecule has 1 aromatic carbocycles. The van der Waals surface area contributed by atoms with Gasteiger partial charge in [-0.05, 0) is 40.8 Å². The van der Waals surface area contributed by atoms with E-state index < -0.39 is 15.9 Å². The lowest BCUT2D eigenvalue weighted by Crippen LogP contribution is -2.38. The van der Waals surface area contributed by atoms with Crippen LogP contribution in [0.15, 0.2) is 17.7 Å². The quantitative estimate of drug-likeness (QED) is 0.501. The molecule has 1 aliphatic heterocycles. The summed E-state index contributed by atoms with van der Waals surface area (Å²) in [6.45, 7) is 0. The summed E-state index contributed by atoms with van der Waals surface area (Å²) in [4.78, 5) is 11.2.